The van der Waals surface area contributed by atoms with Gasteiger partial charge in [-0.25, -0.2) is 0 Å². The largest absolute Gasteiger partial charge is 0.351 e. The molecule has 4 heterocycles. The molecule has 2 atom stereocenters. The molecule has 0 amide bonds. The van der Waals surface area contributed by atoms with Gasteiger partial charge < -0.3 is 14.8 Å². The number of thiocarbonyl (C=S) groups is 1. The standard InChI is InChI=1S/C27H27N5S/c1-17-10-11-21(14-18(17)2)32-26(25(30-27(32)33)24-9-5-6-13-29-24)23-15-19(3)31(20(23)4)22-8-7-12-28-16-22/h5-16,25-26H,1-4H3,(H,30,33)/t25-,26+/m0/s1. The van der Waals surface area contributed by atoms with E-state index in [4.69, 9.17) is 12.2 Å². The molecule has 0 radical (unpaired) electrons. The Morgan fingerprint density at radius 1 is 0.879 bits per heavy atom. The maximum atomic E-state index is 5.90. The lowest BCUT2D eigenvalue weighted by atomic mass is 9.96. The van der Waals surface area contributed by atoms with E-state index in [1.54, 1.807) is 6.20 Å². The lowest BCUT2D eigenvalue weighted by Gasteiger charge is -2.28. The van der Waals surface area contributed by atoms with Crippen molar-refractivity contribution in [2.75, 3.05) is 4.90 Å². The molecular weight excluding hydrogens is 426 g/mol. The van der Waals surface area contributed by atoms with E-state index in [0.717, 1.165) is 22.8 Å². The minimum absolute atomic E-state index is 0.0360. The Kier molecular flexibility index (Phi) is 5.46. The van der Waals surface area contributed by atoms with E-state index >= 15 is 0 Å². The lowest BCUT2D eigenvalue weighted by molar-refractivity contribution is 0.565. The lowest BCUT2D eigenvalue weighted by Crippen LogP contribution is -2.29. The van der Waals surface area contributed by atoms with Gasteiger partial charge in [0.2, 0.25) is 0 Å². The third-order valence-electron chi connectivity index (χ3n) is 6.56. The second-order valence-corrected chi connectivity index (χ2v) is 9.02. The molecule has 1 aromatic carbocycles. The number of pyridine rings is 2. The average molecular weight is 454 g/mol. The highest BCUT2D eigenvalue weighted by Crippen LogP contribution is 2.44. The highest BCUT2D eigenvalue weighted by Gasteiger charge is 2.42. The second-order valence-electron chi connectivity index (χ2n) is 8.64. The molecule has 166 valence electrons. The zero-order chi connectivity index (χ0) is 23.1. The smallest absolute Gasteiger partial charge is 0.174 e. The van der Waals surface area contributed by atoms with Crippen molar-refractivity contribution in [1.82, 2.24) is 19.9 Å². The van der Waals surface area contributed by atoms with Crippen LogP contribution in [0.25, 0.3) is 5.69 Å². The van der Waals surface area contributed by atoms with Crippen LogP contribution in [0.15, 0.2) is 73.2 Å². The van der Waals surface area contributed by atoms with Gasteiger partial charge in [0.15, 0.2) is 5.11 Å². The molecule has 5 nitrogen and oxygen atoms in total. The van der Waals surface area contributed by atoms with E-state index in [0.29, 0.717) is 5.11 Å². The molecule has 1 fully saturated rings. The second kappa shape index (κ2) is 8.45. The molecule has 5 rings (SSSR count). The van der Waals surface area contributed by atoms with Crippen molar-refractivity contribution in [1.29, 1.82) is 0 Å². The van der Waals surface area contributed by atoms with Gasteiger partial charge in [0.25, 0.3) is 0 Å². The number of nitrogens with zero attached hydrogens (tertiary/aromatic N) is 4. The Bertz CT molecular complexity index is 1310. The normalized spacial score (nSPS) is 17.9. The number of hydrogen-bond acceptors (Lipinski definition) is 3. The van der Waals surface area contributed by atoms with Crippen molar-refractivity contribution in [2.24, 2.45) is 0 Å². The third kappa shape index (κ3) is 3.70. The number of nitrogens with one attached hydrogen (secondary N) is 1. The summed E-state index contributed by atoms with van der Waals surface area (Å²) < 4.78 is 2.26. The molecule has 1 aliphatic heterocycles. The zero-order valence-corrected chi connectivity index (χ0v) is 20.1. The third-order valence-corrected chi connectivity index (χ3v) is 6.87. The van der Waals surface area contributed by atoms with Gasteiger partial charge >= 0.3 is 0 Å². The fourth-order valence-corrected chi connectivity index (χ4v) is 5.14. The van der Waals surface area contributed by atoms with Crippen LogP contribution in [0, 0.1) is 27.7 Å². The van der Waals surface area contributed by atoms with Crippen molar-refractivity contribution in [3.63, 3.8) is 0 Å². The molecule has 1 saturated heterocycles. The van der Waals surface area contributed by atoms with E-state index in [-0.39, 0.29) is 12.1 Å². The van der Waals surface area contributed by atoms with Crippen LogP contribution in [0.5, 0.6) is 0 Å². The van der Waals surface area contributed by atoms with Crippen molar-refractivity contribution < 1.29 is 0 Å². The van der Waals surface area contributed by atoms with Crippen LogP contribution in [0.2, 0.25) is 0 Å². The SMILES string of the molecule is Cc1ccc(N2C(=S)N[C@@H](c3ccccn3)[C@H]2c2cc(C)n(-c3cccnc3)c2C)cc1C. The van der Waals surface area contributed by atoms with Gasteiger partial charge in [0.05, 0.1) is 29.7 Å². The summed E-state index contributed by atoms with van der Waals surface area (Å²) in [7, 11) is 0. The minimum Gasteiger partial charge on any atom is -0.351 e. The van der Waals surface area contributed by atoms with Gasteiger partial charge in [-0.3, -0.25) is 9.97 Å². The minimum atomic E-state index is -0.0665. The maximum absolute atomic E-state index is 5.90. The van der Waals surface area contributed by atoms with Crippen LogP contribution in [0.3, 0.4) is 0 Å². The first-order valence-electron chi connectivity index (χ1n) is 11.1. The molecule has 0 aliphatic carbocycles. The predicted octanol–water partition coefficient (Wildman–Crippen LogP) is 5.68. The number of rotatable bonds is 4. The van der Waals surface area contributed by atoms with E-state index in [1.165, 1.54) is 22.4 Å². The maximum Gasteiger partial charge on any atom is 0.174 e. The first-order chi connectivity index (χ1) is 16.0. The summed E-state index contributed by atoms with van der Waals surface area (Å²) in [6.07, 6.45) is 5.55. The topological polar surface area (TPSA) is 46.0 Å². The summed E-state index contributed by atoms with van der Waals surface area (Å²) in [4.78, 5) is 11.3. The molecule has 0 bridgehead atoms. The first kappa shape index (κ1) is 21.3. The zero-order valence-electron chi connectivity index (χ0n) is 19.3. The van der Waals surface area contributed by atoms with E-state index in [9.17, 15) is 0 Å². The summed E-state index contributed by atoms with van der Waals surface area (Å²) in [6.45, 7) is 8.59. The fraction of sp³-hybridized carbons (Fsp3) is 0.222. The fourth-order valence-electron chi connectivity index (χ4n) is 4.79. The van der Waals surface area contributed by atoms with Crippen LogP contribution >= 0.6 is 12.2 Å². The number of aromatic nitrogens is 3. The molecule has 0 spiro atoms. The van der Waals surface area contributed by atoms with E-state index in [2.05, 4.69) is 88.8 Å². The van der Waals surface area contributed by atoms with Gasteiger partial charge in [-0.1, -0.05) is 12.1 Å². The van der Waals surface area contributed by atoms with Gasteiger partial charge in [-0.15, -0.1) is 0 Å². The molecule has 0 unspecified atom stereocenters. The van der Waals surface area contributed by atoms with Gasteiger partial charge in [-0.2, -0.15) is 0 Å². The molecule has 4 aromatic rings. The van der Waals surface area contributed by atoms with Gasteiger partial charge in [0, 0.05) is 29.5 Å². The molecule has 33 heavy (non-hydrogen) atoms. The summed E-state index contributed by atoms with van der Waals surface area (Å²) in [6, 6.07) is 18.8. The highest BCUT2D eigenvalue weighted by molar-refractivity contribution is 7.80. The Morgan fingerprint density at radius 2 is 1.73 bits per heavy atom. The summed E-state index contributed by atoms with van der Waals surface area (Å²) >= 11 is 5.90. The molecule has 6 heteroatoms. The molecule has 3 aromatic heterocycles. The Balaban J connectivity index is 1.69. The quantitative estimate of drug-likeness (QED) is 0.403. The molecule has 1 N–H and O–H groups in total. The predicted molar refractivity (Wildman–Crippen MR) is 137 cm³/mol. The highest BCUT2D eigenvalue weighted by atomic mass is 32.1. The van der Waals surface area contributed by atoms with Gasteiger partial charge in [-0.05, 0) is 99.1 Å². The summed E-state index contributed by atoms with van der Waals surface area (Å²) in [5.74, 6) is 0. The number of anilines is 1. The number of aryl methyl sites for hydroxylation is 3. The average Bonchev–Trinajstić information content (AvgIpc) is 3.32. The van der Waals surface area contributed by atoms with E-state index < -0.39 is 0 Å². The van der Waals surface area contributed by atoms with Crippen LogP contribution in [-0.2, 0) is 0 Å². The monoisotopic (exact) mass is 453 g/mol. The van der Waals surface area contributed by atoms with Crippen molar-refractivity contribution in [2.45, 2.75) is 39.8 Å². The first-order valence-corrected chi connectivity index (χ1v) is 11.5. The van der Waals surface area contributed by atoms with Crippen molar-refractivity contribution in [3.8, 4) is 5.69 Å². The van der Waals surface area contributed by atoms with Crippen LogP contribution in [0.1, 0.15) is 45.9 Å². The molecule has 1 aliphatic rings. The number of benzene rings is 1. The molecular formula is C27H27N5S. The van der Waals surface area contributed by atoms with Crippen LogP contribution in [0.4, 0.5) is 5.69 Å². The van der Waals surface area contributed by atoms with Crippen LogP contribution in [-0.4, -0.2) is 19.6 Å². The molecule has 0 saturated carbocycles. The Hall–Kier alpha value is -3.51. The summed E-state index contributed by atoms with van der Waals surface area (Å²) in [5, 5.41) is 4.28. The van der Waals surface area contributed by atoms with Crippen molar-refractivity contribution in [3.05, 3.63) is 107 Å². The van der Waals surface area contributed by atoms with Gasteiger partial charge in [0.1, 0.15) is 0 Å². The summed E-state index contributed by atoms with van der Waals surface area (Å²) in [5.41, 5.74) is 9.19. The van der Waals surface area contributed by atoms with E-state index in [1.807, 2.05) is 30.6 Å². The van der Waals surface area contributed by atoms with Crippen molar-refractivity contribution >= 4 is 23.0 Å². The number of hydrogen-bond donors (Lipinski definition) is 1. The Morgan fingerprint density at radius 3 is 2.42 bits per heavy atom. The Labute approximate surface area is 200 Å². The van der Waals surface area contributed by atoms with Crippen LogP contribution < -0.4 is 10.2 Å².